The van der Waals surface area contributed by atoms with Gasteiger partial charge < -0.3 is 10.3 Å². The fourth-order valence-electron chi connectivity index (χ4n) is 3.27. The predicted octanol–water partition coefficient (Wildman–Crippen LogP) is 1.38. The highest BCUT2D eigenvalue weighted by Crippen LogP contribution is 2.44. The number of aryl methyl sites for hydroxylation is 1. The molecule has 2 heterocycles. The lowest BCUT2D eigenvalue weighted by molar-refractivity contribution is -0.121. The number of aromatic amines is 1. The number of nitrogens with zero attached hydrogens (tertiary/aromatic N) is 3. The van der Waals surface area contributed by atoms with Crippen LogP contribution in [0.15, 0.2) is 23.3 Å². The molecule has 0 saturated heterocycles. The summed E-state index contributed by atoms with van der Waals surface area (Å²) in [7, 11) is 0. The van der Waals surface area contributed by atoms with Crippen LogP contribution in [-0.2, 0) is 11.2 Å². The van der Waals surface area contributed by atoms with Gasteiger partial charge in [-0.05, 0) is 50.5 Å². The van der Waals surface area contributed by atoms with E-state index >= 15 is 0 Å². The highest BCUT2D eigenvalue weighted by atomic mass is 16.2. The van der Waals surface area contributed by atoms with Crippen molar-refractivity contribution in [2.45, 2.75) is 45.1 Å². The molecular formula is C18H21N5O2. The topological polar surface area (TPSA) is 101 Å². The van der Waals surface area contributed by atoms with Crippen molar-refractivity contribution >= 4 is 5.91 Å². The Hall–Kier alpha value is -2.57. The van der Waals surface area contributed by atoms with Crippen LogP contribution in [-0.4, -0.2) is 31.9 Å². The molecule has 0 aromatic carbocycles. The molecule has 130 valence electrons. The molecule has 0 aliphatic heterocycles. The van der Waals surface area contributed by atoms with E-state index in [1.165, 1.54) is 25.7 Å². The maximum absolute atomic E-state index is 12.4. The normalized spacial score (nSPS) is 16.9. The zero-order valence-corrected chi connectivity index (χ0v) is 14.2. The van der Waals surface area contributed by atoms with Gasteiger partial charge in [0.2, 0.25) is 5.91 Å². The summed E-state index contributed by atoms with van der Waals surface area (Å²) in [5.41, 5.74) is 0.637. The van der Waals surface area contributed by atoms with Crippen molar-refractivity contribution in [1.29, 1.82) is 0 Å². The number of hydrogen-bond donors (Lipinski definition) is 2. The Labute approximate surface area is 145 Å². The third-order valence-corrected chi connectivity index (χ3v) is 4.92. The first kappa shape index (κ1) is 15.9. The molecule has 4 rings (SSSR count). The molecule has 2 fully saturated rings. The SMILES string of the molecule is Cc1nc(-c2ncccn2)[nH]c(=O)c1CC(=O)NC(C1CC1)C1CC1. The van der Waals surface area contributed by atoms with Crippen molar-refractivity contribution in [2.24, 2.45) is 11.8 Å². The smallest absolute Gasteiger partial charge is 0.255 e. The molecule has 2 aromatic heterocycles. The quantitative estimate of drug-likeness (QED) is 0.828. The molecule has 1 amide bonds. The third-order valence-electron chi connectivity index (χ3n) is 4.92. The Balaban J connectivity index is 1.50. The van der Waals surface area contributed by atoms with E-state index in [0.717, 1.165) is 0 Å². The second-order valence-corrected chi connectivity index (χ2v) is 7.00. The Morgan fingerprint density at radius 3 is 2.44 bits per heavy atom. The number of amides is 1. The Bertz CT molecular complexity index is 828. The van der Waals surface area contributed by atoms with Crippen LogP contribution in [0.1, 0.15) is 36.9 Å². The van der Waals surface area contributed by atoms with Crippen molar-refractivity contribution in [3.8, 4) is 11.6 Å². The van der Waals surface area contributed by atoms with Crippen LogP contribution in [0.4, 0.5) is 0 Å². The van der Waals surface area contributed by atoms with Crippen LogP contribution < -0.4 is 10.9 Å². The highest BCUT2D eigenvalue weighted by molar-refractivity contribution is 5.79. The Kier molecular flexibility index (Phi) is 4.07. The van der Waals surface area contributed by atoms with E-state index in [2.05, 4.69) is 25.3 Å². The lowest BCUT2D eigenvalue weighted by Gasteiger charge is -2.17. The van der Waals surface area contributed by atoms with Gasteiger partial charge in [0.1, 0.15) is 0 Å². The van der Waals surface area contributed by atoms with Crippen molar-refractivity contribution in [2.75, 3.05) is 0 Å². The van der Waals surface area contributed by atoms with Crippen molar-refractivity contribution < 1.29 is 4.79 Å². The molecule has 0 unspecified atom stereocenters. The van der Waals surface area contributed by atoms with Gasteiger partial charge in [0.15, 0.2) is 11.6 Å². The van der Waals surface area contributed by atoms with E-state index in [1.54, 1.807) is 25.4 Å². The number of carbonyl (C=O) groups is 1. The van der Waals surface area contributed by atoms with Gasteiger partial charge >= 0.3 is 0 Å². The summed E-state index contributed by atoms with van der Waals surface area (Å²) in [5, 5.41) is 3.15. The van der Waals surface area contributed by atoms with Gasteiger partial charge in [-0.15, -0.1) is 0 Å². The molecule has 2 aromatic rings. The van der Waals surface area contributed by atoms with E-state index in [1.807, 2.05) is 0 Å². The average Bonchev–Trinajstić information content (AvgIpc) is 3.49. The summed E-state index contributed by atoms with van der Waals surface area (Å²) in [6, 6.07) is 1.99. The van der Waals surface area contributed by atoms with Gasteiger partial charge in [-0.3, -0.25) is 9.59 Å². The third kappa shape index (κ3) is 3.60. The van der Waals surface area contributed by atoms with E-state index in [4.69, 9.17) is 0 Å². The molecule has 0 atom stereocenters. The lowest BCUT2D eigenvalue weighted by Crippen LogP contribution is -2.40. The first-order chi connectivity index (χ1) is 12.1. The largest absolute Gasteiger partial charge is 0.353 e. The van der Waals surface area contributed by atoms with Crippen molar-refractivity contribution in [1.82, 2.24) is 25.3 Å². The number of hydrogen-bond acceptors (Lipinski definition) is 5. The first-order valence-corrected chi connectivity index (χ1v) is 8.78. The lowest BCUT2D eigenvalue weighted by atomic mass is 10.1. The fourth-order valence-corrected chi connectivity index (χ4v) is 3.27. The molecule has 7 nitrogen and oxygen atoms in total. The maximum Gasteiger partial charge on any atom is 0.255 e. The molecule has 2 saturated carbocycles. The van der Waals surface area contributed by atoms with E-state index in [0.29, 0.717) is 34.7 Å². The van der Waals surface area contributed by atoms with E-state index in [9.17, 15) is 9.59 Å². The molecule has 7 heteroatoms. The standard InChI is InChI=1S/C18H21N5O2/c1-10-13(9-14(24)22-15(11-3-4-11)12-5-6-12)18(25)23-17(21-10)16-19-7-2-8-20-16/h2,7-8,11-12,15H,3-6,9H2,1H3,(H,22,24)(H,21,23,25). The van der Waals surface area contributed by atoms with Crippen LogP contribution in [0.5, 0.6) is 0 Å². The summed E-state index contributed by atoms with van der Waals surface area (Å²) in [4.78, 5) is 40.1. The van der Waals surface area contributed by atoms with E-state index < -0.39 is 0 Å². The van der Waals surface area contributed by atoms with Crippen LogP contribution >= 0.6 is 0 Å². The first-order valence-electron chi connectivity index (χ1n) is 8.78. The van der Waals surface area contributed by atoms with E-state index in [-0.39, 0.29) is 23.9 Å². The zero-order valence-electron chi connectivity index (χ0n) is 14.2. The molecule has 2 aliphatic rings. The predicted molar refractivity (Wildman–Crippen MR) is 91.7 cm³/mol. The van der Waals surface area contributed by atoms with Gasteiger partial charge in [0.05, 0.1) is 6.42 Å². The van der Waals surface area contributed by atoms with Gasteiger partial charge in [-0.25, -0.2) is 15.0 Å². The molecule has 25 heavy (non-hydrogen) atoms. The minimum atomic E-state index is -0.306. The van der Waals surface area contributed by atoms with Crippen LogP contribution in [0, 0.1) is 18.8 Å². The van der Waals surface area contributed by atoms with Gasteiger partial charge in [0, 0.05) is 29.7 Å². The highest BCUT2D eigenvalue weighted by Gasteiger charge is 2.42. The van der Waals surface area contributed by atoms with Gasteiger partial charge in [0.25, 0.3) is 5.56 Å². The van der Waals surface area contributed by atoms with Gasteiger partial charge in [-0.2, -0.15) is 0 Å². The van der Waals surface area contributed by atoms with Crippen molar-refractivity contribution in [3.05, 3.63) is 40.1 Å². The monoisotopic (exact) mass is 339 g/mol. The zero-order chi connectivity index (χ0) is 17.4. The minimum absolute atomic E-state index is 0.0556. The maximum atomic E-state index is 12.4. The van der Waals surface area contributed by atoms with Crippen molar-refractivity contribution in [3.63, 3.8) is 0 Å². The molecule has 0 radical (unpaired) electrons. The number of carbonyl (C=O) groups excluding carboxylic acids is 1. The number of rotatable bonds is 6. The summed E-state index contributed by atoms with van der Waals surface area (Å²) in [6.45, 7) is 1.74. The molecule has 2 aliphatic carbocycles. The van der Waals surface area contributed by atoms with Gasteiger partial charge in [-0.1, -0.05) is 0 Å². The molecule has 2 N–H and O–H groups in total. The number of H-pyrrole nitrogens is 1. The molecule has 0 spiro atoms. The number of nitrogens with one attached hydrogen (secondary N) is 2. The second-order valence-electron chi connectivity index (χ2n) is 7.00. The fraction of sp³-hybridized carbons (Fsp3) is 0.500. The average molecular weight is 339 g/mol. The van der Waals surface area contributed by atoms with Crippen LogP contribution in [0.2, 0.25) is 0 Å². The number of aromatic nitrogens is 4. The molecular weight excluding hydrogens is 318 g/mol. The van der Waals surface area contributed by atoms with Crippen LogP contribution in [0.25, 0.3) is 11.6 Å². The summed E-state index contributed by atoms with van der Waals surface area (Å²) in [5.74, 6) is 1.85. The Morgan fingerprint density at radius 1 is 1.24 bits per heavy atom. The summed E-state index contributed by atoms with van der Waals surface area (Å²) in [6.07, 6.45) is 8.05. The van der Waals surface area contributed by atoms with Crippen LogP contribution in [0.3, 0.4) is 0 Å². The molecule has 0 bridgehead atoms. The minimum Gasteiger partial charge on any atom is -0.353 e. The summed E-state index contributed by atoms with van der Waals surface area (Å²) < 4.78 is 0. The second kappa shape index (κ2) is 6.38. The summed E-state index contributed by atoms with van der Waals surface area (Å²) >= 11 is 0. The Morgan fingerprint density at radius 2 is 1.88 bits per heavy atom.